The highest BCUT2D eigenvalue weighted by atomic mass is 16.5. The topological polar surface area (TPSA) is 26.3 Å². The maximum atomic E-state index is 12.8. The van der Waals surface area contributed by atoms with E-state index in [1.165, 1.54) is 114 Å². The van der Waals surface area contributed by atoms with E-state index in [0.717, 1.165) is 30.6 Å². The second-order valence-corrected chi connectivity index (χ2v) is 11.8. The molecule has 0 amide bonds. The van der Waals surface area contributed by atoms with Crippen molar-refractivity contribution in [3.05, 3.63) is 41.5 Å². The second-order valence-electron chi connectivity index (χ2n) is 11.8. The Hall–Kier alpha value is -1.57. The van der Waals surface area contributed by atoms with Crippen molar-refractivity contribution < 1.29 is 9.53 Å². The summed E-state index contributed by atoms with van der Waals surface area (Å²) in [6.07, 6.45) is 25.8. The van der Waals surface area contributed by atoms with Crippen LogP contribution in [0.15, 0.2) is 30.3 Å². The monoisotopic (exact) mass is 494 g/mol. The summed E-state index contributed by atoms with van der Waals surface area (Å²) < 4.78 is 5.91. The van der Waals surface area contributed by atoms with Crippen molar-refractivity contribution in [1.82, 2.24) is 0 Å². The Bertz CT molecular complexity index is 765. The molecule has 2 aliphatic carbocycles. The molecule has 1 atom stereocenters. The molecule has 1 unspecified atom stereocenters. The summed E-state index contributed by atoms with van der Waals surface area (Å²) in [6.45, 7) is 6.93. The molecule has 2 heteroatoms. The minimum absolute atomic E-state index is 0.107. The summed E-state index contributed by atoms with van der Waals surface area (Å²) in [5.41, 5.74) is 3.44. The van der Waals surface area contributed by atoms with Crippen LogP contribution in [-0.4, -0.2) is 12.1 Å². The quantitative estimate of drug-likeness (QED) is 0.179. The summed E-state index contributed by atoms with van der Waals surface area (Å²) in [5, 5.41) is 0. The Kier molecular flexibility index (Phi) is 13.1. The fourth-order valence-electron chi connectivity index (χ4n) is 6.37. The highest BCUT2D eigenvalue weighted by Gasteiger charge is 2.24. The molecule has 0 radical (unpaired) electrons. The zero-order chi connectivity index (χ0) is 25.6. The second kappa shape index (κ2) is 16.3. The molecule has 3 rings (SSSR count). The van der Waals surface area contributed by atoms with Gasteiger partial charge in [0, 0.05) is 0 Å². The number of ether oxygens (including phenoxy) is 1. The summed E-state index contributed by atoms with van der Waals surface area (Å²) >= 11 is 0. The first kappa shape index (κ1) is 29.0. The summed E-state index contributed by atoms with van der Waals surface area (Å²) in [6, 6.07) is 8.21. The minimum atomic E-state index is -0.139. The van der Waals surface area contributed by atoms with Crippen LogP contribution in [0.4, 0.5) is 0 Å². The highest BCUT2D eigenvalue weighted by Crippen LogP contribution is 2.34. The van der Waals surface area contributed by atoms with Crippen LogP contribution in [0.2, 0.25) is 0 Å². The third kappa shape index (κ3) is 9.71. The van der Waals surface area contributed by atoms with Gasteiger partial charge < -0.3 is 4.74 Å². The summed E-state index contributed by atoms with van der Waals surface area (Å²) in [7, 11) is 0. The van der Waals surface area contributed by atoms with Gasteiger partial charge in [0.15, 0.2) is 0 Å². The third-order valence-corrected chi connectivity index (χ3v) is 9.18. The molecule has 36 heavy (non-hydrogen) atoms. The lowest BCUT2D eigenvalue weighted by atomic mass is 9.82. The predicted octanol–water partition coefficient (Wildman–Crippen LogP) is 10.6. The number of esters is 1. The predicted molar refractivity (Wildman–Crippen MR) is 154 cm³/mol. The first-order chi connectivity index (χ1) is 17.6. The Balaban J connectivity index is 1.36. The van der Waals surface area contributed by atoms with E-state index < -0.39 is 0 Å². The minimum Gasteiger partial charge on any atom is -0.459 e. The molecule has 1 fully saturated rings. The van der Waals surface area contributed by atoms with E-state index in [9.17, 15) is 4.79 Å². The number of rotatable bonds is 15. The number of benzene rings is 1. The van der Waals surface area contributed by atoms with E-state index in [4.69, 9.17) is 4.74 Å². The Labute approximate surface area is 222 Å². The zero-order valence-corrected chi connectivity index (χ0v) is 23.7. The molecule has 0 spiro atoms. The van der Waals surface area contributed by atoms with Gasteiger partial charge in [-0.1, -0.05) is 103 Å². The van der Waals surface area contributed by atoms with Crippen LogP contribution in [0.25, 0.3) is 5.57 Å². The Morgan fingerprint density at radius 1 is 0.833 bits per heavy atom. The van der Waals surface area contributed by atoms with Crippen LogP contribution in [-0.2, 0) is 4.74 Å². The van der Waals surface area contributed by atoms with Crippen molar-refractivity contribution in [3.63, 3.8) is 0 Å². The van der Waals surface area contributed by atoms with E-state index >= 15 is 0 Å². The number of carbonyl (C=O) groups excluding carboxylic acids is 1. The largest absolute Gasteiger partial charge is 0.459 e. The number of allylic oxidation sites excluding steroid dienone is 2. The number of unbranched alkanes of at least 4 members (excludes halogenated alkanes) is 5. The van der Waals surface area contributed by atoms with E-state index in [0.29, 0.717) is 5.56 Å². The van der Waals surface area contributed by atoms with Crippen LogP contribution >= 0.6 is 0 Å². The third-order valence-electron chi connectivity index (χ3n) is 9.18. The fraction of sp³-hybridized carbons (Fsp3) is 0.735. The van der Waals surface area contributed by atoms with Gasteiger partial charge in [0.2, 0.25) is 0 Å². The van der Waals surface area contributed by atoms with Gasteiger partial charge in [-0.3, -0.25) is 0 Å². The van der Waals surface area contributed by atoms with Crippen molar-refractivity contribution in [2.75, 3.05) is 0 Å². The van der Waals surface area contributed by atoms with E-state index in [2.05, 4.69) is 39.0 Å². The molecule has 2 aliphatic rings. The van der Waals surface area contributed by atoms with Crippen LogP contribution in [0.1, 0.15) is 152 Å². The van der Waals surface area contributed by atoms with Crippen LogP contribution in [0.5, 0.6) is 0 Å². The van der Waals surface area contributed by atoms with Gasteiger partial charge in [-0.2, -0.15) is 0 Å². The first-order valence-electron chi connectivity index (χ1n) is 15.6. The standard InChI is InChI=1S/C34H54O2/c1-4-7-8-9-10-11-12-28-17-25-33(26-18-28)36-34(35)32-23-21-31(22-24-32)30-19-15-29(16-20-30)14-13-27(5-2)6-3/h19,21-24,27-29,33H,4-18,20,25-26H2,1-3H3. The molecule has 202 valence electrons. The van der Waals surface area contributed by atoms with E-state index in [1.807, 2.05) is 12.1 Å². The SMILES string of the molecule is CCCCCCCCC1CCC(OC(=O)c2ccc(C3=CCC(CCC(CC)CC)CC3)cc2)CC1. The maximum absolute atomic E-state index is 12.8. The lowest BCUT2D eigenvalue weighted by molar-refractivity contribution is 0.0161. The van der Waals surface area contributed by atoms with Gasteiger partial charge in [0.25, 0.3) is 0 Å². The van der Waals surface area contributed by atoms with Gasteiger partial charge in [-0.05, 0) is 92.4 Å². The molecule has 0 bridgehead atoms. The van der Waals surface area contributed by atoms with Crippen LogP contribution in [0.3, 0.4) is 0 Å². The smallest absolute Gasteiger partial charge is 0.338 e. The fourth-order valence-corrected chi connectivity index (χ4v) is 6.37. The highest BCUT2D eigenvalue weighted by molar-refractivity contribution is 5.90. The van der Waals surface area contributed by atoms with Gasteiger partial charge in [-0.15, -0.1) is 0 Å². The molecule has 1 saturated carbocycles. The van der Waals surface area contributed by atoms with Crippen LogP contribution in [0, 0.1) is 17.8 Å². The number of carbonyl (C=O) groups is 1. The van der Waals surface area contributed by atoms with Gasteiger partial charge >= 0.3 is 5.97 Å². The van der Waals surface area contributed by atoms with E-state index in [-0.39, 0.29) is 12.1 Å². The molecular weight excluding hydrogens is 440 g/mol. The molecule has 0 saturated heterocycles. The molecule has 0 aromatic heterocycles. The Morgan fingerprint density at radius 3 is 2.17 bits per heavy atom. The van der Waals surface area contributed by atoms with Crippen molar-refractivity contribution in [1.29, 1.82) is 0 Å². The maximum Gasteiger partial charge on any atom is 0.338 e. The number of hydrogen-bond acceptors (Lipinski definition) is 2. The summed E-state index contributed by atoms with van der Waals surface area (Å²) in [4.78, 5) is 12.8. The average Bonchev–Trinajstić information content (AvgIpc) is 2.92. The number of hydrogen-bond donors (Lipinski definition) is 0. The summed E-state index contributed by atoms with van der Waals surface area (Å²) in [5.74, 6) is 2.46. The zero-order valence-electron chi connectivity index (χ0n) is 23.7. The van der Waals surface area contributed by atoms with Crippen molar-refractivity contribution in [2.45, 2.75) is 142 Å². The van der Waals surface area contributed by atoms with Gasteiger partial charge in [-0.25, -0.2) is 4.79 Å². The molecular formula is C34H54O2. The molecule has 0 N–H and O–H groups in total. The van der Waals surface area contributed by atoms with Gasteiger partial charge in [0.1, 0.15) is 6.10 Å². The lowest BCUT2D eigenvalue weighted by Crippen LogP contribution is -2.24. The first-order valence-corrected chi connectivity index (χ1v) is 15.6. The Morgan fingerprint density at radius 2 is 1.53 bits per heavy atom. The van der Waals surface area contributed by atoms with Crippen molar-refractivity contribution >= 4 is 11.5 Å². The van der Waals surface area contributed by atoms with Gasteiger partial charge in [0.05, 0.1) is 5.56 Å². The average molecular weight is 495 g/mol. The molecule has 0 heterocycles. The van der Waals surface area contributed by atoms with Crippen LogP contribution < -0.4 is 0 Å². The normalized spacial score (nSPS) is 22.4. The molecule has 1 aromatic carbocycles. The molecule has 2 nitrogen and oxygen atoms in total. The molecule has 0 aliphatic heterocycles. The molecule has 1 aromatic rings. The van der Waals surface area contributed by atoms with Crippen molar-refractivity contribution in [2.24, 2.45) is 17.8 Å². The van der Waals surface area contributed by atoms with E-state index in [1.54, 1.807) is 0 Å². The lowest BCUT2D eigenvalue weighted by Gasteiger charge is -2.28. The van der Waals surface area contributed by atoms with Crippen molar-refractivity contribution in [3.8, 4) is 0 Å².